The number of aryl methyl sites for hydroxylation is 1. The number of nitrogens with zero attached hydrogens (tertiary/aromatic N) is 1. The minimum absolute atomic E-state index is 0.114. The quantitative estimate of drug-likeness (QED) is 0.793. The van der Waals surface area contributed by atoms with Crippen LogP contribution in [0.1, 0.15) is 55.2 Å². The lowest BCUT2D eigenvalue weighted by Crippen LogP contribution is -2.47. The summed E-state index contributed by atoms with van der Waals surface area (Å²) in [5, 5.41) is 13.4. The van der Waals surface area contributed by atoms with Gasteiger partial charge < -0.3 is 15.0 Å². The molecule has 2 N–H and O–H groups in total. The molecule has 0 bridgehead atoms. The highest BCUT2D eigenvalue weighted by molar-refractivity contribution is 6.02. The molecule has 2 rings (SSSR count). The first-order chi connectivity index (χ1) is 11.2. The normalized spacial score (nSPS) is 12.0. The molecule has 0 aliphatic carbocycles. The van der Waals surface area contributed by atoms with Gasteiger partial charge in [0.05, 0.1) is 12.1 Å². The van der Waals surface area contributed by atoms with E-state index >= 15 is 0 Å². The molecule has 1 aromatic heterocycles. The Morgan fingerprint density at radius 3 is 2.62 bits per heavy atom. The monoisotopic (exact) mass is 328 g/mol. The fourth-order valence-corrected chi connectivity index (χ4v) is 2.92. The molecular formula is C20H28N2O2. The summed E-state index contributed by atoms with van der Waals surface area (Å²) in [6.07, 6.45) is 1.79. The summed E-state index contributed by atoms with van der Waals surface area (Å²) in [5.41, 5.74) is 3.21. The van der Waals surface area contributed by atoms with E-state index in [-0.39, 0.29) is 12.5 Å². The van der Waals surface area contributed by atoms with Crippen LogP contribution in [0, 0.1) is 6.92 Å². The second-order valence-corrected chi connectivity index (χ2v) is 7.30. The smallest absolute Gasteiger partial charge is 0.268 e. The number of hydrogen-bond donors (Lipinski definition) is 2. The third-order valence-electron chi connectivity index (χ3n) is 4.38. The van der Waals surface area contributed by atoms with Crippen molar-refractivity contribution in [2.45, 2.75) is 52.6 Å². The molecule has 24 heavy (non-hydrogen) atoms. The maximum Gasteiger partial charge on any atom is 0.268 e. The van der Waals surface area contributed by atoms with E-state index in [4.69, 9.17) is 0 Å². The lowest BCUT2D eigenvalue weighted by molar-refractivity contribution is 0.0860. The van der Waals surface area contributed by atoms with Crippen LogP contribution >= 0.6 is 0 Å². The van der Waals surface area contributed by atoms with Crippen LogP contribution in [0.15, 0.2) is 30.9 Å². The average molecular weight is 328 g/mol. The molecule has 4 heteroatoms. The van der Waals surface area contributed by atoms with E-state index in [0.717, 1.165) is 16.5 Å². The van der Waals surface area contributed by atoms with Gasteiger partial charge >= 0.3 is 0 Å². The number of rotatable bonds is 6. The zero-order chi connectivity index (χ0) is 18.1. The van der Waals surface area contributed by atoms with Crippen molar-refractivity contribution in [3.05, 3.63) is 47.7 Å². The van der Waals surface area contributed by atoms with Crippen molar-refractivity contribution in [2.75, 3.05) is 6.61 Å². The molecule has 0 aliphatic heterocycles. The second kappa shape index (κ2) is 6.81. The van der Waals surface area contributed by atoms with Crippen LogP contribution in [-0.4, -0.2) is 27.7 Å². The van der Waals surface area contributed by atoms with Crippen LogP contribution in [0.5, 0.6) is 0 Å². The molecule has 1 aromatic carbocycles. The van der Waals surface area contributed by atoms with Crippen molar-refractivity contribution in [2.24, 2.45) is 0 Å². The van der Waals surface area contributed by atoms with Crippen molar-refractivity contribution >= 4 is 16.8 Å². The molecule has 130 valence electrons. The summed E-state index contributed by atoms with van der Waals surface area (Å²) in [4.78, 5) is 12.8. The van der Waals surface area contributed by atoms with Crippen LogP contribution in [0.3, 0.4) is 0 Å². The fourth-order valence-electron chi connectivity index (χ4n) is 2.92. The average Bonchev–Trinajstić information content (AvgIpc) is 2.79. The molecule has 0 fully saturated rings. The maximum absolute atomic E-state index is 12.8. The standard InChI is InChI=1S/C20H28N2O2/c1-7-10-22-17-9-8-15(13(2)3)11-16(17)14(4)18(22)19(24)21-20(5,6)12-23/h7-9,11,13,23H,1,10,12H2,2-6H3,(H,21,24). The number of carbonyl (C=O) groups is 1. The molecule has 0 unspecified atom stereocenters. The van der Waals surface area contributed by atoms with E-state index in [1.54, 1.807) is 19.9 Å². The Kier molecular flexibility index (Phi) is 5.19. The highest BCUT2D eigenvalue weighted by Crippen LogP contribution is 2.29. The summed E-state index contributed by atoms with van der Waals surface area (Å²) < 4.78 is 1.99. The van der Waals surface area contributed by atoms with Crippen LogP contribution in [-0.2, 0) is 6.54 Å². The first kappa shape index (κ1) is 18.3. The summed E-state index contributed by atoms with van der Waals surface area (Å²) in [6.45, 7) is 14.2. The van der Waals surface area contributed by atoms with E-state index in [1.165, 1.54) is 5.56 Å². The zero-order valence-electron chi connectivity index (χ0n) is 15.3. The van der Waals surface area contributed by atoms with Crippen LogP contribution in [0.2, 0.25) is 0 Å². The fraction of sp³-hybridized carbons (Fsp3) is 0.450. The number of hydrogen-bond acceptors (Lipinski definition) is 2. The van der Waals surface area contributed by atoms with Gasteiger partial charge in [-0.2, -0.15) is 0 Å². The number of aliphatic hydroxyl groups is 1. The first-order valence-corrected chi connectivity index (χ1v) is 8.39. The van der Waals surface area contributed by atoms with E-state index in [0.29, 0.717) is 18.2 Å². The highest BCUT2D eigenvalue weighted by Gasteiger charge is 2.25. The molecule has 0 radical (unpaired) electrons. The lowest BCUT2D eigenvalue weighted by atomic mass is 10.0. The highest BCUT2D eigenvalue weighted by atomic mass is 16.3. The number of fused-ring (bicyclic) bond motifs is 1. The van der Waals surface area contributed by atoms with Gasteiger partial charge in [0.1, 0.15) is 5.69 Å². The Morgan fingerprint density at radius 1 is 1.42 bits per heavy atom. The maximum atomic E-state index is 12.8. The van der Waals surface area contributed by atoms with Crippen molar-refractivity contribution in [1.29, 1.82) is 0 Å². The Hall–Kier alpha value is -2.07. The minimum Gasteiger partial charge on any atom is -0.394 e. The molecule has 0 saturated heterocycles. The first-order valence-electron chi connectivity index (χ1n) is 8.39. The number of aromatic nitrogens is 1. The van der Waals surface area contributed by atoms with Gasteiger partial charge in [-0.1, -0.05) is 26.0 Å². The third kappa shape index (κ3) is 3.39. The van der Waals surface area contributed by atoms with E-state index in [1.807, 2.05) is 11.5 Å². The number of allylic oxidation sites excluding steroid dienone is 1. The molecule has 0 saturated carbocycles. The van der Waals surface area contributed by atoms with Crippen LogP contribution < -0.4 is 5.32 Å². The van der Waals surface area contributed by atoms with E-state index < -0.39 is 5.54 Å². The van der Waals surface area contributed by atoms with Gasteiger partial charge in [-0.05, 0) is 49.9 Å². The van der Waals surface area contributed by atoms with Gasteiger partial charge in [-0.15, -0.1) is 6.58 Å². The minimum atomic E-state index is -0.665. The molecule has 2 aromatic rings. The predicted octanol–water partition coefficient (Wildman–Crippen LogP) is 3.76. The third-order valence-corrected chi connectivity index (χ3v) is 4.38. The number of amides is 1. The summed E-state index contributed by atoms with van der Waals surface area (Å²) in [5.74, 6) is 0.262. The Morgan fingerprint density at radius 2 is 2.08 bits per heavy atom. The van der Waals surface area contributed by atoms with Crippen LogP contribution in [0.25, 0.3) is 10.9 Å². The summed E-state index contributed by atoms with van der Waals surface area (Å²) in [7, 11) is 0. The number of benzene rings is 1. The van der Waals surface area contributed by atoms with Crippen molar-refractivity contribution in [3.8, 4) is 0 Å². The number of carbonyl (C=O) groups excluding carboxylic acids is 1. The SMILES string of the molecule is C=CCn1c(C(=O)NC(C)(C)CO)c(C)c2cc(C(C)C)ccc21. The van der Waals surface area contributed by atoms with E-state index in [2.05, 4.69) is 43.9 Å². The van der Waals surface area contributed by atoms with Crippen molar-refractivity contribution in [1.82, 2.24) is 9.88 Å². The predicted molar refractivity (Wildman–Crippen MR) is 99.6 cm³/mol. The Bertz CT molecular complexity index is 770. The molecule has 0 aliphatic rings. The van der Waals surface area contributed by atoms with Gasteiger partial charge in [-0.25, -0.2) is 0 Å². The largest absolute Gasteiger partial charge is 0.394 e. The molecule has 4 nitrogen and oxygen atoms in total. The van der Waals surface area contributed by atoms with Crippen LogP contribution in [0.4, 0.5) is 0 Å². The lowest BCUT2D eigenvalue weighted by Gasteiger charge is -2.24. The van der Waals surface area contributed by atoms with Gasteiger partial charge in [0, 0.05) is 17.4 Å². The zero-order valence-corrected chi connectivity index (χ0v) is 15.3. The number of aliphatic hydroxyl groups excluding tert-OH is 1. The van der Waals surface area contributed by atoms with E-state index in [9.17, 15) is 9.90 Å². The number of nitrogens with one attached hydrogen (secondary N) is 1. The van der Waals surface area contributed by atoms with Gasteiger partial charge in [0.15, 0.2) is 0 Å². The Balaban J connectivity index is 2.63. The summed E-state index contributed by atoms with van der Waals surface area (Å²) >= 11 is 0. The van der Waals surface area contributed by atoms with Gasteiger partial charge in [-0.3, -0.25) is 4.79 Å². The topological polar surface area (TPSA) is 54.3 Å². The second-order valence-electron chi connectivity index (χ2n) is 7.30. The van der Waals surface area contributed by atoms with Crippen molar-refractivity contribution < 1.29 is 9.90 Å². The van der Waals surface area contributed by atoms with Gasteiger partial charge in [0.25, 0.3) is 5.91 Å². The molecular weight excluding hydrogens is 300 g/mol. The van der Waals surface area contributed by atoms with Gasteiger partial charge in [0.2, 0.25) is 0 Å². The summed E-state index contributed by atoms with van der Waals surface area (Å²) in [6, 6.07) is 6.36. The molecule has 1 heterocycles. The Labute approximate surface area is 144 Å². The molecule has 0 spiro atoms. The molecule has 1 amide bonds. The van der Waals surface area contributed by atoms with Crippen molar-refractivity contribution in [3.63, 3.8) is 0 Å². The molecule has 0 atom stereocenters.